The van der Waals surface area contributed by atoms with Gasteiger partial charge < -0.3 is 9.88 Å². The topological polar surface area (TPSA) is 90.0 Å². The number of carbonyl (C=O) groups is 1. The van der Waals surface area contributed by atoms with E-state index in [9.17, 15) is 4.79 Å². The predicted octanol–water partition coefficient (Wildman–Crippen LogP) is 3.39. The maximum absolute atomic E-state index is 12.6. The fraction of sp³-hybridized carbons (Fsp3) is 0.409. The van der Waals surface area contributed by atoms with Gasteiger partial charge >= 0.3 is 0 Å². The molecule has 0 radical (unpaired) electrons. The van der Waals surface area contributed by atoms with Gasteiger partial charge in [-0.15, -0.1) is 0 Å². The van der Waals surface area contributed by atoms with Crippen LogP contribution in [0.15, 0.2) is 24.5 Å². The number of imidazole rings is 1. The van der Waals surface area contributed by atoms with Crippen molar-refractivity contribution >= 4 is 28.4 Å². The summed E-state index contributed by atoms with van der Waals surface area (Å²) < 4.78 is 4.05. The van der Waals surface area contributed by atoms with Gasteiger partial charge in [-0.3, -0.25) is 4.79 Å². The van der Waals surface area contributed by atoms with Crippen LogP contribution in [0, 0.1) is 13.8 Å². The van der Waals surface area contributed by atoms with Gasteiger partial charge in [-0.1, -0.05) is 6.42 Å². The lowest BCUT2D eigenvalue weighted by molar-refractivity contribution is -0.116. The van der Waals surface area contributed by atoms with Crippen LogP contribution in [0.4, 0.5) is 5.69 Å². The summed E-state index contributed by atoms with van der Waals surface area (Å²) in [5, 5.41) is 7.24. The van der Waals surface area contributed by atoms with Gasteiger partial charge in [-0.05, 0) is 56.9 Å². The normalized spacial score (nSPS) is 14.1. The van der Waals surface area contributed by atoms with E-state index in [0.29, 0.717) is 18.6 Å². The number of rotatable bonds is 4. The molecule has 5 rings (SSSR count). The zero-order valence-corrected chi connectivity index (χ0v) is 17.4. The van der Waals surface area contributed by atoms with Crippen molar-refractivity contribution in [1.29, 1.82) is 0 Å². The molecule has 4 heterocycles. The third-order valence-corrected chi connectivity index (χ3v) is 5.98. The number of carbonyl (C=O) groups excluding carboxylic acids is 1. The number of nitrogens with zero attached hydrogens (tertiary/aromatic N) is 6. The minimum atomic E-state index is -0.0207. The fourth-order valence-electron chi connectivity index (χ4n) is 4.41. The Morgan fingerprint density at radius 1 is 1.17 bits per heavy atom. The van der Waals surface area contributed by atoms with Crippen LogP contribution in [0.5, 0.6) is 0 Å². The number of fused-ring (bicyclic) bond motifs is 4. The van der Waals surface area contributed by atoms with E-state index >= 15 is 0 Å². The average Bonchev–Trinajstić information content (AvgIpc) is 3.25. The van der Waals surface area contributed by atoms with E-state index in [2.05, 4.69) is 31.0 Å². The summed E-state index contributed by atoms with van der Waals surface area (Å²) in [6.07, 6.45) is 7.16. The van der Waals surface area contributed by atoms with Gasteiger partial charge in [0.2, 0.25) is 5.91 Å². The highest BCUT2D eigenvalue weighted by molar-refractivity contribution is 5.93. The first-order valence-corrected chi connectivity index (χ1v) is 10.5. The van der Waals surface area contributed by atoms with Gasteiger partial charge in [0.15, 0.2) is 0 Å². The largest absolute Gasteiger partial charge is 0.328 e. The lowest BCUT2D eigenvalue weighted by atomic mass is 10.1. The minimum Gasteiger partial charge on any atom is -0.328 e. The molecule has 0 aliphatic carbocycles. The number of anilines is 1. The van der Waals surface area contributed by atoms with Crippen LogP contribution in [-0.4, -0.2) is 35.0 Å². The van der Waals surface area contributed by atoms with E-state index in [-0.39, 0.29) is 5.91 Å². The molecule has 0 saturated carbocycles. The molecule has 1 N–H and O–H groups in total. The molecule has 8 heteroatoms. The van der Waals surface area contributed by atoms with Gasteiger partial charge in [-0.2, -0.15) is 10.1 Å². The van der Waals surface area contributed by atoms with Crippen LogP contribution in [-0.2, 0) is 24.2 Å². The molecule has 0 unspecified atom stereocenters. The number of aromatic nitrogens is 6. The van der Waals surface area contributed by atoms with Crippen LogP contribution < -0.4 is 5.32 Å². The number of aryl methyl sites for hydroxylation is 4. The van der Waals surface area contributed by atoms with Crippen molar-refractivity contribution in [3.05, 3.63) is 47.3 Å². The Balaban J connectivity index is 1.30. The Bertz CT molecular complexity index is 1250. The zero-order valence-electron chi connectivity index (χ0n) is 17.4. The monoisotopic (exact) mass is 403 g/mol. The lowest BCUT2D eigenvalue weighted by Gasteiger charge is -2.11. The van der Waals surface area contributed by atoms with Crippen LogP contribution in [0.2, 0.25) is 0 Å². The summed E-state index contributed by atoms with van der Waals surface area (Å²) in [6, 6.07) is 6.03. The molecule has 30 heavy (non-hydrogen) atoms. The van der Waals surface area contributed by atoms with E-state index in [1.54, 1.807) is 4.52 Å². The van der Waals surface area contributed by atoms with E-state index in [0.717, 1.165) is 52.5 Å². The minimum absolute atomic E-state index is 0.0207. The summed E-state index contributed by atoms with van der Waals surface area (Å²) in [6.45, 7) is 4.96. The quantitative estimate of drug-likeness (QED) is 0.564. The lowest BCUT2D eigenvalue weighted by Crippen LogP contribution is -2.14. The van der Waals surface area contributed by atoms with Gasteiger partial charge in [0, 0.05) is 36.5 Å². The van der Waals surface area contributed by atoms with E-state index in [4.69, 9.17) is 4.98 Å². The van der Waals surface area contributed by atoms with Crippen LogP contribution in [0.1, 0.15) is 48.5 Å². The second-order valence-corrected chi connectivity index (χ2v) is 7.98. The Morgan fingerprint density at radius 2 is 2.07 bits per heavy atom. The van der Waals surface area contributed by atoms with Crippen molar-refractivity contribution in [2.75, 3.05) is 5.32 Å². The summed E-state index contributed by atoms with van der Waals surface area (Å²) in [5.74, 6) is 1.73. The molecular weight excluding hydrogens is 378 g/mol. The first kappa shape index (κ1) is 18.7. The van der Waals surface area contributed by atoms with E-state index < -0.39 is 0 Å². The number of amides is 1. The number of hydrogen-bond donors (Lipinski definition) is 1. The molecule has 0 bridgehead atoms. The number of hydrogen-bond acceptors (Lipinski definition) is 5. The molecule has 0 saturated heterocycles. The summed E-state index contributed by atoms with van der Waals surface area (Å²) in [5.41, 5.74) is 5.81. The standard InChI is InChI=1S/C22H25N7O/c1-14-17(15(2)29-22(25-14)23-13-24-29)8-10-21(30)26-16-7-9-19-18(12-16)27-20-6-4-3-5-11-28(19)20/h7,9,12-13H,3-6,8,10-11H2,1-2H3,(H,26,30). The SMILES string of the molecule is Cc1nc2ncnn2c(C)c1CCC(=O)Nc1ccc2c(c1)nc1n2CCCCC1. The van der Waals surface area contributed by atoms with Crippen LogP contribution in [0.25, 0.3) is 16.8 Å². The summed E-state index contributed by atoms with van der Waals surface area (Å²) in [4.78, 5) is 26.0. The maximum atomic E-state index is 12.6. The van der Waals surface area contributed by atoms with Crippen molar-refractivity contribution in [3.63, 3.8) is 0 Å². The van der Waals surface area contributed by atoms with Crippen molar-refractivity contribution < 1.29 is 4.79 Å². The van der Waals surface area contributed by atoms with Crippen molar-refractivity contribution in [3.8, 4) is 0 Å². The first-order chi connectivity index (χ1) is 14.6. The highest BCUT2D eigenvalue weighted by atomic mass is 16.1. The average molecular weight is 403 g/mol. The van der Waals surface area contributed by atoms with E-state index in [1.165, 1.54) is 25.6 Å². The van der Waals surface area contributed by atoms with Gasteiger partial charge in [0.25, 0.3) is 5.78 Å². The van der Waals surface area contributed by atoms with Gasteiger partial charge in [-0.25, -0.2) is 14.5 Å². The Morgan fingerprint density at radius 3 is 2.97 bits per heavy atom. The second-order valence-electron chi connectivity index (χ2n) is 7.98. The Hall–Kier alpha value is -3.29. The van der Waals surface area contributed by atoms with Crippen molar-refractivity contribution in [2.45, 2.75) is 58.9 Å². The van der Waals surface area contributed by atoms with Crippen LogP contribution >= 0.6 is 0 Å². The van der Waals surface area contributed by atoms with Crippen LogP contribution in [0.3, 0.4) is 0 Å². The molecule has 1 aromatic carbocycles. The van der Waals surface area contributed by atoms with Crippen molar-refractivity contribution in [1.82, 2.24) is 29.1 Å². The molecule has 1 amide bonds. The third-order valence-electron chi connectivity index (χ3n) is 5.98. The predicted molar refractivity (Wildman–Crippen MR) is 114 cm³/mol. The highest BCUT2D eigenvalue weighted by Crippen LogP contribution is 2.24. The Labute approximate surface area is 174 Å². The van der Waals surface area contributed by atoms with Gasteiger partial charge in [0.1, 0.15) is 12.2 Å². The number of benzene rings is 1. The highest BCUT2D eigenvalue weighted by Gasteiger charge is 2.15. The molecule has 0 atom stereocenters. The first-order valence-electron chi connectivity index (χ1n) is 10.5. The molecule has 3 aromatic heterocycles. The molecule has 1 aliphatic rings. The summed E-state index contributed by atoms with van der Waals surface area (Å²) >= 11 is 0. The summed E-state index contributed by atoms with van der Waals surface area (Å²) in [7, 11) is 0. The van der Waals surface area contributed by atoms with Gasteiger partial charge in [0.05, 0.1) is 11.0 Å². The molecule has 1 aliphatic heterocycles. The Kier molecular flexibility index (Phi) is 4.69. The third kappa shape index (κ3) is 3.32. The molecule has 0 spiro atoms. The van der Waals surface area contributed by atoms with E-state index in [1.807, 2.05) is 26.0 Å². The molecular formula is C22H25N7O. The molecule has 8 nitrogen and oxygen atoms in total. The smallest absolute Gasteiger partial charge is 0.252 e. The second kappa shape index (κ2) is 7.51. The zero-order chi connectivity index (χ0) is 20.7. The van der Waals surface area contributed by atoms with Crippen molar-refractivity contribution in [2.24, 2.45) is 0 Å². The fourth-order valence-corrected chi connectivity index (χ4v) is 4.41. The number of nitrogens with one attached hydrogen (secondary N) is 1. The molecule has 4 aromatic rings. The maximum Gasteiger partial charge on any atom is 0.252 e. The molecule has 154 valence electrons. The molecule has 0 fully saturated rings.